The predicted molar refractivity (Wildman–Crippen MR) is 113 cm³/mol. The van der Waals surface area contributed by atoms with Crippen molar-refractivity contribution in [2.24, 2.45) is 11.7 Å². The van der Waals surface area contributed by atoms with Gasteiger partial charge in [-0.25, -0.2) is 0 Å². The largest absolute Gasteiger partial charge is 0.385 e. The maximum Gasteiger partial charge on any atom is 0.0368 e. The van der Waals surface area contributed by atoms with Gasteiger partial charge in [0, 0.05) is 67.1 Å². The van der Waals surface area contributed by atoms with Crippen LogP contribution >= 0.6 is 23.5 Å². The van der Waals surface area contributed by atoms with E-state index >= 15 is 0 Å². The lowest BCUT2D eigenvalue weighted by molar-refractivity contribution is 0.547. The molecule has 1 atom stereocenters. The van der Waals surface area contributed by atoms with Crippen molar-refractivity contribution in [2.45, 2.75) is 6.92 Å². The molecule has 24 heavy (non-hydrogen) atoms. The summed E-state index contributed by atoms with van der Waals surface area (Å²) in [7, 11) is 0. The molecule has 0 aliphatic carbocycles. The van der Waals surface area contributed by atoms with Crippen LogP contribution in [0, 0.1) is 5.92 Å². The van der Waals surface area contributed by atoms with Gasteiger partial charge in [0.1, 0.15) is 0 Å². The molecule has 136 valence electrons. The van der Waals surface area contributed by atoms with Gasteiger partial charge in [-0.15, -0.1) is 0 Å². The Morgan fingerprint density at radius 2 is 1.92 bits per heavy atom. The molecule has 1 aliphatic heterocycles. The number of rotatable bonds is 11. The summed E-state index contributed by atoms with van der Waals surface area (Å²) in [5.41, 5.74) is 8.06. The molecule has 1 aliphatic rings. The standard InChI is InChI=1S/C18H32N4S2/c1-16(14-20-7-11-23-10-6-19)15-21-17-2-4-18(5-3-17)22-8-12-24-13-9-22/h2-5,16,20-21H,6-15,19H2,1H3. The van der Waals surface area contributed by atoms with E-state index in [0.717, 1.165) is 37.7 Å². The number of thioether (sulfide) groups is 2. The fourth-order valence-electron chi connectivity index (χ4n) is 2.65. The van der Waals surface area contributed by atoms with Crippen LogP contribution in [0.3, 0.4) is 0 Å². The van der Waals surface area contributed by atoms with Gasteiger partial charge in [0.2, 0.25) is 0 Å². The molecule has 4 nitrogen and oxygen atoms in total. The molecule has 6 heteroatoms. The van der Waals surface area contributed by atoms with Gasteiger partial charge < -0.3 is 21.3 Å². The van der Waals surface area contributed by atoms with Crippen molar-refractivity contribution in [1.29, 1.82) is 0 Å². The average molecular weight is 369 g/mol. The quantitative estimate of drug-likeness (QED) is 0.522. The first-order chi connectivity index (χ1) is 11.8. The molecule has 0 saturated carbocycles. The van der Waals surface area contributed by atoms with Crippen LogP contribution in [0.25, 0.3) is 0 Å². The topological polar surface area (TPSA) is 53.3 Å². The lowest BCUT2D eigenvalue weighted by atomic mass is 10.1. The van der Waals surface area contributed by atoms with Gasteiger partial charge in [-0.3, -0.25) is 0 Å². The first kappa shape index (κ1) is 19.8. The first-order valence-electron chi connectivity index (χ1n) is 8.94. The van der Waals surface area contributed by atoms with Gasteiger partial charge in [-0.2, -0.15) is 23.5 Å². The molecule has 1 heterocycles. The van der Waals surface area contributed by atoms with E-state index in [9.17, 15) is 0 Å². The Morgan fingerprint density at radius 3 is 2.62 bits per heavy atom. The highest BCUT2D eigenvalue weighted by atomic mass is 32.2. The van der Waals surface area contributed by atoms with E-state index in [-0.39, 0.29) is 0 Å². The van der Waals surface area contributed by atoms with Gasteiger partial charge in [0.15, 0.2) is 0 Å². The van der Waals surface area contributed by atoms with Crippen molar-refractivity contribution in [3.8, 4) is 0 Å². The van der Waals surface area contributed by atoms with E-state index in [4.69, 9.17) is 5.73 Å². The number of hydrogen-bond acceptors (Lipinski definition) is 6. The summed E-state index contributed by atoms with van der Waals surface area (Å²) in [6.07, 6.45) is 0. The van der Waals surface area contributed by atoms with Crippen molar-refractivity contribution >= 4 is 34.9 Å². The molecule has 1 fully saturated rings. The summed E-state index contributed by atoms with van der Waals surface area (Å²) < 4.78 is 0. The highest BCUT2D eigenvalue weighted by Crippen LogP contribution is 2.21. The number of anilines is 2. The van der Waals surface area contributed by atoms with E-state index in [1.54, 1.807) is 0 Å². The van der Waals surface area contributed by atoms with Crippen LogP contribution in [0.2, 0.25) is 0 Å². The van der Waals surface area contributed by atoms with Gasteiger partial charge in [-0.05, 0) is 36.7 Å². The van der Waals surface area contributed by atoms with Crippen LogP contribution in [-0.4, -0.2) is 62.3 Å². The third-order valence-electron chi connectivity index (χ3n) is 4.08. The van der Waals surface area contributed by atoms with Crippen LogP contribution < -0.4 is 21.3 Å². The Bertz CT molecular complexity index is 435. The van der Waals surface area contributed by atoms with Crippen molar-refractivity contribution < 1.29 is 0 Å². The lowest BCUT2D eigenvalue weighted by Gasteiger charge is -2.28. The van der Waals surface area contributed by atoms with Crippen molar-refractivity contribution in [2.75, 3.05) is 72.5 Å². The Morgan fingerprint density at radius 1 is 1.17 bits per heavy atom. The molecule has 1 unspecified atom stereocenters. The van der Waals surface area contributed by atoms with Crippen LogP contribution in [-0.2, 0) is 0 Å². The minimum absolute atomic E-state index is 0.614. The predicted octanol–water partition coefficient (Wildman–Crippen LogP) is 2.57. The molecule has 0 radical (unpaired) electrons. The van der Waals surface area contributed by atoms with Crippen molar-refractivity contribution in [3.63, 3.8) is 0 Å². The maximum atomic E-state index is 5.48. The number of nitrogens with two attached hydrogens (primary N) is 1. The summed E-state index contributed by atoms with van der Waals surface area (Å²) in [6.45, 7) is 8.53. The highest BCUT2D eigenvalue weighted by molar-refractivity contribution is 7.99. The smallest absolute Gasteiger partial charge is 0.0368 e. The summed E-state index contributed by atoms with van der Waals surface area (Å²) in [5, 5.41) is 7.07. The second kappa shape index (κ2) is 11.9. The van der Waals surface area contributed by atoms with E-state index in [1.807, 2.05) is 11.8 Å². The Labute approximate surface area is 155 Å². The Hall–Kier alpha value is -0.560. The van der Waals surface area contributed by atoms with E-state index in [0.29, 0.717) is 5.92 Å². The molecule has 4 N–H and O–H groups in total. The number of nitrogens with one attached hydrogen (secondary N) is 2. The molecular formula is C18H32N4S2. The fourth-order valence-corrected chi connectivity index (χ4v) is 4.22. The molecule has 1 saturated heterocycles. The summed E-state index contributed by atoms with van der Waals surface area (Å²) in [5.74, 6) is 5.31. The fraction of sp³-hybridized carbons (Fsp3) is 0.667. The molecule has 0 bridgehead atoms. The van der Waals surface area contributed by atoms with Crippen LogP contribution in [0.5, 0.6) is 0 Å². The summed E-state index contributed by atoms with van der Waals surface area (Å²) in [6, 6.07) is 8.91. The van der Waals surface area contributed by atoms with E-state index in [2.05, 4.69) is 58.5 Å². The molecule has 0 spiro atoms. The summed E-state index contributed by atoms with van der Waals surface area (Å²) >= 11 is 3.97. The highest BCUT2D eigenvalue weighted by Gasteiger charge is 2.10. The monoisotopic (exact) mass is 368 g/mol. The minimum Gasteiger partial charge on any atom is -0.385 e. The van der Waals surface area contributed by atoms with Crippen LogP contribution in [0.4, 0.5) is 11.4 Å². The van der Waals surface area contributed by atoms with E-state index < -0.39 is 0 Å². The molecule has 2 rings (SSSR count). The maximum absolute atomic E-state index is 5.48. The zero-order valence-corrected chi connectivity index (χ0v) is 16.4. The molecule has 1 aromatic carbocycles. The van der Waals surface area contributed by atoms with Gasteiger partial charge in [0.25, 0.3) is 0 Å². The number of hydrogen-bond donors (Lipinski definition) is 3. The van der Waals surface area contributed by atoms with Crippen molar-refractivity contribution in [3.05, 3.63) is 24.3 Å². The summed E-state index contributed by atoms with van der Waals surface area (Å²) in [4.78, 5) is 2.48. The molecule has 1 aromatic rings. The number of benzene rings is 1. The zero-order valence-electron chi connectivity index (χ0n) is 14.8. The second-order valence-electron chi connectivity index (χ2n) is 6.24. The number of nitrogens with zero attached hydrogens (tertiary/aromatic N) is 1. The van der Waals surface area contributed by atoms with E-state index in [1.165, 1.54) is 36.0 Å². The van der Waals surface area contributed by atoms with Gasteiger partial charge in [-0.1, -0.05) is 6.92 Å². The normalized spacial score (nSPS) is 16.2. The zero-order chi connectivity index (χ0) is 17.0. The second-order valence-corrected chi connectivity index (χ2v) is 8.69. The van der Waals surface area contributed by atoms with Crippen LogP contribution in [0.1, 0.15) is 6.92 Å². The van der Waals surface area contributed by atoms with Gasteiger partial charge >= 0.3 is 0 Å². The first-order valence-corrected chi connectivity index (χ1v) is 11.3. The Kier molecular flexibility index (Phi) is 9.80. The average Bonchev–Trinajstić information content (AvgIpc) is 2.64. The SMILES string of the molecule is CC(CNCCSCCN)CNc1ccc(N2CCSCC2)cc1. The Balaban J connectivity index is 1.61. The lowest BCUT2D eigenvalue weighted by Crippen LogP contribution is -2.32. The third kappa shape index (κ3) is 7.55. The molecule has 0 aromatic heterocycles. The van der Waals surface area contributed by atoms with Gasteiger partial charge in [0.05, 0.1) is 0 Å². The van der Waals surface area contributed by atoms with Crippen molar-refractivity contribution in [1.82, 2.24) is 5.32 Å². The molecule has 0 amide bonds. The molecular weight excluding hydrogens is 336 g/mol. The van der Waals surface area contributed by atoms with Crippen LogP contribution in [0.15, 0.2) is 24.3 Å². The minimum atomic E-state index is 0.614. The third-order valence-corrected chi connectivity index (χ3v) is 6.04.